The fourth-order valence-corrected chi connectivity index (χ4v) is 5.14. The molecule has 0 bridgehead atoms. The van der Waals surface area contributed by atoms with Gasteiger partial charge in [0, 0.05) is 54.4 Å². The van der Waals surface area contributed by atoms with Crippen LogP contribution in [0.3, 0.4) is 0 Å². The van der Waals surface area contributed by atoms with Gasteiger partial charge in [0.25, 0.3) is 5.69 Å². The molecule has 0 radical (unpaired) electrons. The van der Waals surface area contributed by atoms with Gasteiger partial charge in [-0.25, -0.2) is 0 Å². The highest BCUT2D eigenvalue weighted by atomic mass is 32.1. The van der Waals surface area contributed by atoms with Crippen molar-refractivity contribution < 1.29 is 14.5 Å². The topological polar surface area (TPSA) is 115 Å². The summed E-state index contributed by atoms with van der Waals surface area (Å²) in [5.74, 6) is -0.235. The number of nitro benzene ring substituents is 1. The fourth-order valence-electron chi connectivity index (χ4n) is 4.79. The second-order valence-electron chi connectivity index (χ2n) is 9.05. The van der Waals surface area contributed by atoms with Gasteiger partial charge in [0.05, 0.1) is 16.7 Å². The van der Waals surface area contributed by atoms with Crippen LogP contribution in [0.25, 0.3) is 5.69 Å². The summed E-state index contributed by atoms with van der Waals surface area (Å²) in [7, 11) is 1.47. The second kappa shape index (κ2) is 11.0. The zero-order valence-electron chi connectivity index (χ0n) is 21.3. The first-order valence-electron chi connectivity index (χ1n) is 12.2. The van der Waals surface area contributed by atoms with Crippen LogP contribution in [-0.2, 0) is 9.53 Å². The van der Waals surface area contributed by atoms with E-state index in [2.05, 4.69) is 15.6 Å². The van der Waals surface area contributed by atoms with Crippen molar-refractivity contribution in [1.29, 1.82) is 0 Å². The smallest absolute Gasteiger partial charge is 0.269 e. The van der Waals surface area contributed by atoms with Gasteiger partial charge in [-0.1, -0.05) is 6.07 Å². The van der Waals surface area contributed by atoms with E-state index in [-0.39, 0.29) is 30.3 Å². The van der Waals surface area contributed by atoms with Crippen molar-refractivity contribution in [3.63, 3.8) is 0 Å². The number of nitrogens with zero attached hydrogens (tertiary/aromatic N) is 4. The lowest BCUT2D eigenvalue weighted by molar-refractivity contribution is -0.384. The van der Waals surface area contributed by atoms with E-state index >= 15 is 0 Å². The third-order valence-electron chi connectivity index (χ3n) is 6.56. The number of aryl methyl sites for hydroxylation is 1. The Bertz CT molecular complexity index is 1520. The molecule has 5 rings (SSSR count). The molecule has 0 saturated carbocycles. The number of benzene rings is 2. The van der Waals surface area contributed by atoms with Crippen LogP contribution in [0.15, 0.2) is 85.2 Å². The summed E-state index contributed by atoms with van der Waals surface area (Å²) < 4.78 is 6.92. The van der Waals surface area contributed by atoms with E-state index in [4.69, 9.17) is 17.0 Å². The summed E-state index contributed by atoms with van der Waals surface area (Å²) in [5, 5.41) is 18.0. The number of anilines is 2. The number of amides is 1. The summed E-state index contributed by atoms with van der Waals surface area (Å²) >= 11 is 5.85. The van der Waals surface area contributed by atoms with E-state index < -0.39 is 4.92 Å². The Morgan fingerprint density at radius 1 is 1.13 bits per heavy atom. The van der Waals surface area contributed by atoms with E-state index in [1.807, 2.05) is 71.1 Å². The number of thiocarbonyl (C=S) groups is 1. The number of hydrogen-bond donors (Lipinski definition) is 2. The Morgan fingerprint density at radius 3 is 2.56 bits per heavy atom. The van der Waals surface area contributed by atoms with Crippen molar-refractivity contribution in [3.8, 4) is 5.69 Å². The van der Waals surface area contributed by atoms with Crippen LogP contribution in [-0.4, -0.2) is 39.2 Å². The van der Waals surface area contributed by atoms with Gasteiger partial charge in [-0.05, 0) is 79.3 Å². The van der Waals surface area contributed by atoms with Crippen LogP contribution < -0.4 is 15.5 Å². The van der Waals surface area contributed by atoms with E-state index in [1.165, 1.54) is 19.2 Å². The molecule has 1 aliphatic heterocycles. The monoisotopic (exact) mass is 542 g/mol. The highest BCUT2D eigenvalue weighted by Crippen LogP contribution is 2.43. The Hall–Kier alpha value is -4.61. The summed E-state index contributed by atoms with van der Waals surface area (Å²) in [6.45, 7) is 1.89. The zero-order chi connectivity index (χ0) is 27.5. The van der Waals surface area contributed by atoms with Gasteiger partial charge in [0.2, 0.25) is 5.91 Å². The molecule has 0 aliphatic carbocycles. The predicted molar refractivity (Wildman–Crippen MR) is 152 cm³/mol. The van der Waals surface area contributed by atoms with Crippen LogP contribution in [0.4, 0.5) is 17.1 Å². The van der Waals surface area contributed by atoms with E-state index in [1.54, 1.807) is 18.3 Å². The number of nitro groups is 1. The van der Waals surface area contributed by atoms with Gasteiger partial charge >= 0.3 is 0 Å². The number of ether oxygens (including phenoxy) is 1. The molecule has 2 N–H and O–H groups in total. The predicted octanol–water partition coefficient (Wildman–Crippen LogP) is 4.85. The molecule has 11 heteroatoms. The normalized spacial score (nSPS) is 16.7. The largest absolute Gasteiger partial charge is 0.375 e. The van der Waals surface area contributed by atoms with Gasteiger partial charge < -0.3 is 24.8 Å². The van der Waals surface area contributed by atoms with Crippen LogP contribution in [0.1, 0.15) is 29.0 Å². The van der Waals surface area contributed by atoms with Crippen molar-refractivity contribution in [2.24, 2.45) is 0 Å². The fraction of sp³-hybridized carbons (Fsp3) is 0.179. The molecule has 0 unspecified atom stereocenters. The average Bonchev–Trinajstić information content (AvgIpc) is 3.55. The number of carbonyl (C=O) groups is 1. The minimum absolute atomic E-state index is 0.0253. The number of methoxy groups -OCH3 is 1. The zero-order valence-corrected chi connectivity index (χ0v) is 22.1. The molecule has 3 heterocycles. The third kappa shape index (κ3) is 5.22. The first-order valence-corrected chi connectivity index (χ1v) is 12.6. The third-order valence-corrected chi connectivity index (χ3v) is 6.87. The second-order valence-corrected chi connectivity index (χ2v) is 9.44. The van der Waals surface area contributed by atoms with Crippen LogP contribution in [0.2, 0.25) is 0 Å². The van der Waals surface area contributed by atoms with Crippen LogP contribution >= 0.6 is 12.2 Å². The van der Waals surface area contributed by atoms with Gasteiger partial charge in [-0.2, -0.15) is 0 Å². The average molecular weight is 543 g/mol. The summed E-state index contributed by atoms with van der Waals surface area (Å²) in [5.41, 5.74) is 4.94. The summed E-state index contributed by atoms with van der Waals surface area (Å²) in [4.78, 5) is 29.5. The van der Waals surface area contributed by atoms with Crippen molar-refractivity contribution in [2.45, 2.75) is 19.0 Å². The standard InChI is InChI=1S/C28H26N6O4S/c1-18-16-21(12-13-22(18)30-25(35)17-38-2)33-27(26(31-28(33)39)23-6-3-4-14-29-23)24-7-5-15-32(24)19-8-10-20(11-9-19)34(36)37/h3-16,26-27H,17H2,1-2H3,(H,30,35)(H,31,39)/t26-,27+/m1/s1. The van der Waals surface area contributed by atoms with E-state index in [0.717, 1.165) is 28.3 Å². The lowest BCUT2D eigenvalue weighted by Gasteiger charge is -2.29. The molecular weight excluding hydrogens is 516 g/mol. The number of aromatic nitrogens is 2. The van der Waals surface area contributed by atoms with E-state index in [9.17, 15) is 14.9 Å². The van der Waals surface area contributed by atoms with Crippen molar-refractivity contribution in [2.75, 3.05) is 23.9 Å². The molecule has 4 aromatic rings. The maximum absolute atomic E-state index is 12.1. The van der Waals surface area contributed by atoms with Crippen molar-refractivity contribution >= 4 is 40.3 Å². The molecule has 39 heavy (non-hydrogen) atoms. The maximum Gasteiger partial charge on any atom is 0.269 e. The number of non-ortho nitro benzene ring substituents is 1. The van der Waals surface area contributed by atoms with Gasteiger partial charge in [-0.15, -0.1) is 0 Å². The number of pyridine rings is 1. The van der Waals surface area contributed by atoms with Gasteiger partial charge in [0.1, 0.15) is 12.6 Å². The molecule has 2 atom stereocenters. The van der Waals surface area contributed by atoms with Gasteiger partial charge in [0.15, 0.2) is 5.11 Å². The summed E-state index contributed by atoms with van der Waals surface area (Å²) in [6.07, 6.45) is 3.67. The molecule has 1 aliphatic rings. The lowest BCUT2D eigenvalue weighted by Crippen LogP contribution is -2.30. The number of carbonyl (C=O) groups excluding carboxylic acids is 1. The molecule has 2 aromatic heterocycles. The Morgan fingerprint density at radius 2 is 1.90 bits per heavy atom. The summed E-state index contributed by atoms with van der Waals surface area (Å²) in [6, 6.07) is 21.3. The highest BCUT2D eigenvalue weighted by Gasteiger charge is 2.42. The first kappa shape index (κ1) is 26.0. The van der Waals surface area contributed by atoms with Crippen molar-refractivity contribution in [1.82, 2.24) is 14.9 Å². The number of nitrogens with one attached hydrogen (secondary N) is 2. The molecule has 0 spiro atoms. The van der Waals surface area contributed by atoms with Crippen LogP contribution in [0, 0.1) is 17.0 Å². The van der Waals surface area contributed by atoms with E-state index in [0.29, 0.717) is 10.8 Å². The highest BCUT2D eigenvalue weighted by molar-refractivity contribution is 7.80. The lowest BCUT2D eigenvalue weighted by atomic mass is 10.00. The minimum Gasteiger partial charge on any atom is -0.375 e. The maximum atomic E-state index is 12.1. The molecule has 198 valence electrons. The minimum atomic E-state index is -0.414. The number of rotatable bonds is 8. The quantitative estimate of drug-likeness (QED) is 0.185. The van der Waals surface area contributed by atoms with Gasteiger partial charge in [-0.3, -0.25) is 19.9 Å². The molecule has 10 nitrogen and oxygen atoms in total. The molecular formula is C28H26N6O4S. The number of hydrogen-bond acceptors (Lipinski definition) is 6. The molecule has 1 saturated heterocycles. The molecule has 1 fully saturated rings. The SMILES string of the molecule is COCC(=O)Nc1ccc(N2C(=S)N[C@H](c3ccccn3)[C@@H]2c2cccn2-c2ccc([N+](=O)[O-])cc2)cc1C. The van der Waals surface area contributed by atoms with Crippen LogP contribution in [0.5, 0.6) is 0 Å². The Labute approximate surface area is 230 Å². The first-order chi connectivity index (χ1) is 18.9. The Kier molecular flexibility index (Phi) is 7.35. The molecule has 1 amide bonds. The molecule has 2 aromatic carbocycles. The van der Waals surface area contributed by atoms with Crippen molar-refractivity contribution in [3.05, 3.63) is 112 Å². The Balaban J connectivity index is 1.58.